The molecule has 0 aromatic carbocycles. The van der Waals surface area contributed by atoms with Crippen LogP contribution in [-0.4, -0.2) is 79.3 Å². The largest absolute Gasteiger partial charge is 0.380 e. The van der Waals surface area contributed by atoms with Crippen molar-refractivity contribution in [1.29, 1.82) is 0 Å². The van der Waals surface area contributed by atoms with Crippen LogP contribution >= 0.6 is 0 Å². The van der Waals surface area contributed by atoms with E-state index >= 15 is 0 Å². The topological polar surface area (TPSA) is 55.4 Å². The zero-order valence-corrected chi connectivity index (χ0v) is 19.8. The predicted octanol–water partition coefficient (Wildman–Crippen LogP) is 3.71. The van der Waals surface area contributed by atoms with Crippen molar-refractivity contribution in [3.05, 3.63) is 0 Å². The Labute approximate surface area is 183 Å². The van der Waals surface area contributed by atoms with Gasteiger partial charge in [0.1, 0.15) is 0 Å². The summed E-state index contributed by atoms with van der Waals surface area (Å²) in [6.07, 6.45) is 4.62. The quantitative estimate of drug-likeness (QED) is 0.472. The Bertz CT molecular complexity index is 394. The first-order valence-electron chi connectivity index (χ1n) is 11.9. The standard InChI is InChI=1S/2C12H22O3/c2*1-3-11(5-13-6-11)9-15-10-12(4-2)7-14-8-12/h2*3-10H2,1-2H3. The van der Waals surface area contributed by atoms with Gasteiger partial charge in [-0.05, 0) is 25.7 Å². The van der Waals surface area contributed by atoms with E-state index in [1.807, 2.05) is 0 Å². The Kier molecular flexibility index (Phi) is 8.61. The van der Waals surface area contributed by atoms with Gasteiger partial charge >= 0.3 is 0 Å². The first-order chi connectivity index (χ1) is 14.5. The van der Waals surface area contributed by atoms with Gasteiger partial charge in [0.15, 0.2) is 0 Å². The summed E-state index contributed by atoms with van der Waals surface area (Å²) in [5.74, 6) is 0. The van der Waals surface area contributed by atoms with Gasteiger partial charge in [0.25, 0.3) is 0 Å². The molecule has 4 heterocycles. The maximum atomic E-state index is 5.87. The highest BCUT2D eigenvalue weighted by atomic mass is 16.5. The summed E-state index contributed by atoms with van der Waals surface area (Å²) in [5.41, 5.74) is 1.28. The second kappa shape index (κ2) is 10.6. The van der Waals surface area contributed by atoms with Crippen LogP contribution in [0.2, 0.25) is 0 Å². The van der Waals surface area contributed by atoms with Crippen molar-refractivity contribution in [2.45, 2.75) is 53.4 Å². The second-order valence-electron chi connectivity index (χ2n) is 10.4. The summed E-state index contributed by atoms with van der Waals surface area (Å²) in [5, 5.41) is 0. The van der Waals surface area contributed by atoms with Crippen molar-refractivity contribution in [3.8, 4) is 0 Å². The third kappa shape index (κ3) is 5.57. The number of ether oxygens (including phenoxy) is 6. The summed E-state index contributed by atoms with van der Waals surface area (Å²) in [7, 11) is 0. The van der Waals surface area contributed by atoms with Gasteiger partial charge in [0, 0.05) is 21.7 Å². The molecule has 6 heteroatoms. The molecule has 0 saturated carbocycles. The molecule has 6 nitrogen and oxygen atoms in total. The lowest BCUT2D eigenvalue weighted by molar-refractivity contribution is -0.187. The molecule has 0 radical (unpaired) electrons. The van der Waals surface area contributed by atoms with E-state index in [1.54, 1.807) is 0 Å². The minimum atomic E-state index is 0.319. The van der Waals surface area contributed by atoms with Gasteiger partial charge in [-0.1, -0.05) is 27.7 Å². The minimum absolute atomic E-state index is 0.319. The van der Waals surface area contributed by atoms with Crippen molar-refractivity contribution < 1.29 is 28.4 Å². The lowest BCUT2D eigenvalue weighted by Gasteiger charge is -2.44. The molecule has 4 aliphatic heterocycles. The summed E-state index contributed by atoms with van der Waals surface area (Å²) in [6, 6.07) is 0. The predicted molar refractivity (Wildman–Crippen MR) is 116 cm³/mol. The van der Waals surface area contributed by atoms with Crippen molar-refractivity contribution in [2.24, 2.45) is 21.7 Å². The summed E-state index contributed by atoms with van der Waals surface area (Å²) >= 11 is 0. The van der Waals surface area contributed by atoms with E-state index in [9.17, 15) is 0 Å². The van der Waals surface area contributed by atoms with Crippen molar-refractivity contribution >= 4 is 0 Å². The Morgan fingerprint density at radius 1 is 0.433 bits per heavy atom. The Morgan fingerprint density at radius 3 is 0.733 bits per heavy atom. The van der Waals surface area contributed by atoms with Gasteiger partial charge in [-0.3, -0.25) is 0 Å². The zero-order chi connectivity index (χ0) is 21.6. The molecule has 0 spiro atoms. The van der Waals surface area contributed by atoms with Crippen LogP contribution in [0.4, 0.5) is 0 Å². The smallest absolute Gasteiger partial charge is 0.0566 e. The fourth-order valence-corrected chi connectivity index (χ4v) is 4.09. The molecule has 4 rings (SSSR count). The van der Waals surface area contributed by atoms with Crippen LogP contribution in [0.5, 0.6) is 0 Å². The Balaban J connectivity index is 0.000000171. The third-order valence-corrected chi connectivity index (χ3v) is 7.90. The van der Waals surface area contributed by atoms with Gasteiger partial charge in [-0.15, -0.1) is 0 Å². The number of hydrogen-bond donors (Lipinski definition) is 0. The van der Waals surface area contributed by atoms with Crippen LogP contribution in [0.25, 0.3) is 0 Å². The zero-order valence-electron chi connectivity index (χ0n) is 19.8. The van der Waals surface area contributed by atoms with E-state index in [2.05, 4.69) is 27.7 Å². The molecular weight excluding hydrogens is 384 g/mol. The maximum Gasteiger partial charge on any atom is 0.0566 e. The molecule has 4 aliphatic rings. The van der Waals surface area contributed by atoms with E-state index in [1.165, 1.54) is 0 Å². The van der Waals surface area contributed by atoms with Crippen molar-refractivity contribution in [2.75, 3.05) is 79.3 Å². The fraction of sp³-hybridized carbons (Fsp3) is 1.00. The normalized spacial score (nSPS) is 26.8. The summed E-state index contributed by atoms with van der Waals surface area (Å²) in [4.78, 5) is 0. The van der Waals surface area contributed by atoms with Crippen LogP contribution in [0.3, 0.4) is 0 Å². The van der Waals surface area contributed by atoms with Gasteiger partial charge in [0.05, 0.1) is 79.3 Å². The highest BCUT2D eigenvalue weighted by Crippen LogP contribution is 2.36. The molecule has 0 atom stereocenters. The molecule has 30 heavy (non-hydrogen) atoms. The molecule has 0 aromatic rings. The van der Waals surface area contributed by atoms with Crippen molar-refractivity contribution in [1.82, 2.24) is 0 Å². The van der Waals surface area contributed by atoms with Crippen LogP contribution in [0, 0.1) is 21.7 Å². The highest BCUT2D eigenvalue weighted by molar-refractivity contribution is 4.88. The van der Waals surface area contributed by atoms with Gasteiger partial charge in [0.2, 0.25) is 0 Å². The monoisotopic (exact) mass is 428 g/mol. The Hall–Kier alpha value is -0.240. The molecule has 0 unspecified atom stereocenters. The number of rotatable bonds is 12. The van der Waals surface area contributed by atoms with E-state index in [0.717, 1.165) is 105 Å². The van der Waals surface area contributed by atoms with Gasteiger partial charge in [-0.2, -0.15) is 0 Å². The molecule has 0 bridgehead atoms. The molecule has 0 aliphatic carbocycles. The van der Waals surface area contributed by atoms with E-state index in [0.29, 0.717) is 21.7 Å². The lowest BCUT2D eigenvalue weighted by Crippen LogP contribution is -2.49. The van der Waals surface area contributed by atoms with E-state index < -0.39 is 0 Å². The maximum absolute atomic E-state index is 5.87. The molecule has 0 amide bonds. The first-order valence-corrected chi connectivity index (χ1v) is 11.9. The molecular formula is C24H44O6. The van der Waals surface area contributed by atoms with Gasteiger partial charge in [-0.25, -0.2) is 0 Å². The van der Waals surface area contributed by atoms with Crippen LogP contribution in [0.1, 0.15) is 53.4 Å². The average Bonchev–Trinajstić information content (AvgIpc) is 2.64. The van der Waals surface area contributed by atoms with Crippen molar-refractivity contribution in [3.63, 3.8) is 0 Å². The van der Waals surface area contributed by atoms with E-state index in [-0.39, 0.29) is 0 Å². The average molecular weight is 429 g/mol. The molecule has 4 fully saturated rings. The first kappa shape index (κ1) is 24.4. The second-order valence-corrected chi connectivity index (χ2v) is 10.4. The molecule has 0 N–H and O–H groups in total. The van der Waals surface area contributed by atoms with E-state index in [4.69, 9.17) is 28.4 Å². The third-order valence-electron chi connectivity index (χ3n) is 7.90. The van der Waals surface area contributed by atoms with Crippen LogP contribution < -0.4 is 0 Å². The summed E-state index contributed by atoms with van der Waals surface area (Å²) < 4.78 is 32.8. The highest BCUT2D eigenvalue weighted by Gasteiger charge is 2.41. The fourth-order valence-electron chi connectivity index (χ4n) is 4.09. The minimum Gasteiger partial charge on any atom is -0.380 e. The van der Waals surface area contributed by atoms with Gasteiger partial charge < -0.3 is 28.4 Å². The number of hydrogen-bond acceptors (Lipinski definition) is 6. The summed E-state index contributed by atoms with van der Waals surface area (Å²) in [6.45, 7) is 19.3. The molecule has 0 aromatic heterocycles. The SMILES string of the molecule is CCC1(COCC2(CC)COC2)COC1.CCC1(COCC2(CC)COC2)COC1. The Morgan fingerprint density at radius 2 is 0.633 bits per heavy atom. The lowest BCUT2D eigenvalue weighted by atomic mass is 9.82. The van der Waals surface area contributed by atoms with Crippen LogP contribution in [-0.2, 0) is 28.4 Å². The molecule has 4 saturated heterocycles. The van der Waals surface area contributed by atoms with Crippen LogP contribution in [0.15, 0.2) is 0 Å². The molecule has 176 valence electrons.